The molecule has 2 aromatic rings. The van der Waals surface area contributed by atoms with E-state index in [2.05, 4.69) is 5.32 Å². The summed E-state index contributed by atoms with van der Waals surface area (Å²) in [6, 6.07) is 13.5. The van der Waals surface area contributed by atoms with Crippen LogP contribution in [-0.2, 0) is 4.79 Å². The summed E-state index contributed by atoms with van der Waals surface area (Å²) in [4.78, 5) is 23.2. The molecular formula is C17H18N2O4. The fourth-order valence-corrected chi connectivity index (χ4v) is 2.16. The molecule has 0 heterocycles. The summed E-state index contributed by atoms with van der Waals surface area (Å²) in [5.41, 5.74) is 6.48. The lowest BCUT2D eigenvalue weighted by Crippen LogP contribution is -2.16. The number of hydrogen-bond acceptors (Lipinski definition) is 4. The quantitative estimate of drug-likeness (QED) is 0.757. The first-order valence-corrected chi connectivity index (χ1v) is 7.02. The molecule has 1 atom stereocenters. The number of ether oxygens (including phenoxy) is 1. The second-order valence-corrected chi connectivity index (χ2v) is 4.97. The van der Waals surface area contributed by atoms with Crippen molar-refractivity contribution in [3.05, 3.63) is 59.7 Å². The molecule has 0 spiro atoms. The van der Waals surface area contributed by atoms with Gasteiger partial charge in [-0.15, -0.1) is 0 Å². The van der Waals surface area contributed by atoms with Crippen LogP contribution in [0.3, 0.4) is 0 Å². The lowest BCUT2D eigenvalue weighted by Gasteiger charge is -2.12. The standard InChI is InChI=1S/C17H18N2O4/c1-23-15-8-3-2-7-13(15)17(22)19-12-6-4-5-11(9-12)14(20)10-16(18)21/h2-9,14,20H,10H2,1H3,(H2,18,21)(H,19,22). The van der Waals surface area contributed by atoms with E-state index in [0.29, 0.717) is 22.6 Å². The lowest BCUT2D eigenvalue weighted by molar-refractivity contribution is -0.119. The van der Waals surface area contributed by atoms with Crippen molar-refractivity contribution < 1.29 is 19.4 Å². The molecule has 2 amide bonds. The number of para-hydroxylation sites is 1. The maximum absolute atomic E-state index is 12.3. The van der Waals surface area contributed by atoms with E-state index in [0.717, 1.165) is 0 Å². The molecule has 2 aromatic carbocycles. The number of benzene rings is 2. The summed E-state index contributed by atoms with van der Waals surface area (Å²) in [5, 5.41) is 12.7. The van der Waals surface area contributed by atoms with Gasteiger partial charge in [-0.2, -0.15) is 0 Å². The number of aliphatic hydroxyl groups excluding tert-OH is 1. The first-order chi connectivity index (χ1) is 11.0. The van der Waals surface area contributed by atoms with Gasteiger partial charge < -0.3 is 20.9 Å². The zero-order valence-corrected chi connectivity index (χ0v) is 12.7. The molecule has 0 aliphatic rings. The van der Waals surface area contributed by atoms with E-state index in [1.54, 1.807) is 48.5 Å². The summed E-state index contributed by atoms with van der Waals surface area (Å²) < 4.78 is 5.16. The van der Waals surface area contributed by atoms with Gasteiger partial charge >= 0.3 is 0 Å². The van der Waals surface area contributed by atoms with Crippen molar-refractivity contribution in [1.29, 1.82) is 0 Å². The van der Waals surface area contributed by atoms with Gasteiger partial charge in [0.05, 0.1) is 25.2 Å². The molecule has 6 heteroatoms. The van der Waals surface area contributed by atoms with Crippen molar-refractivity contribution in [3.63, 3.8) is 0 Å². The summed E-state index contributed by atoms with van der Waals surface area (Å²) in [6.07, 6.45) is -1.18. The number of nitrogens with one attached hydrogen (secondary N) is 1. The van der Waals surface area contributed by atoms with E-state index in [4.69, 9.17) is 10.5 Å². The number of methoxy groups -OCH3 is 1. The van der Waals surface area contributed by atoms with Gasteiger partial charge in [0.25, 0.3) is 5.91 Å². The van der Waals surface area contributed by atoms with Gasteiger partial charge in [-0.05, 0) is 29.8 Å². The number of primary amides is 1. The Morgan fingerprint density at radius 2 is 1.96 bits per heavy atom. The third kappa shape index (κ3) is 4.31. The van der Waals surface area contributed by atoms with Crippen molar-refractivity contribution >= 4 is 17.5 Å². The van der Waals surface area contributed by atoms with Gasteiger partial charge in [0, 0.05) is 5.69 Å². The molecule has 4 N–H and O–H groups in total. The molecule has 2 rings (SSSR count). The maximum atomic E-state index is 12.3. The van der Waals surface area contributed by atoms with Crippen LogP contribution in [-0.4, -0.2) is 24.0 Å². The van der Waals surface area contributed by atoms with Gasteiger partial charge in [-0.25, -0.2) is 0 Å². The Kier molecular flexibility index (Phi) is 5.32. The summed E-state index contributed by atoms with van der Waals surface area (Å²) in [5.74, 6) is -0.458. The highest BCUT2D eigenvalue weighted by molar-refractivity contribution is 6.06. The molecule has 6 nitrogen and oxygen atoms in total. The predicted molar refractivity (Wildman–Crippen MR) is 86.2 cm³/mol. The van der Waals surface area contributed by atoms with Crippen LogP contribution in [0.15, 0.2) is 48.5 Å². The zero-order chi connectivity index (χ0) is 16.8. The minimum absolute atomic E-state index is 0.177. The number of carbonyl (C=O) groups excluding carboxylic acids is 2. The highest BCUT2D eigenvalue weighted by Gasteiger charge is 2.14. The second-order valence-electron chi connectivity index (χ2n) is 4.97. The van der Waals surface area contributed by atoms with Crippen LogP contribution in [0, 0.1) is 0 Å². The maximum Gasteiger partial charge on any atom is 0.259 e. The molecule has 0 fully saturated rings. The number of amides is 2. The molecule has 1 unspecified atom stereocenters. The Morgan fingerprint density at radius 3 is 2.65 bits per heavy atom. The van der Waals surface area contributed by atoms with Crippen LogP contribution in [0.25, 0.3) is 0 Å². The predicted octanol–water partition coefficient (Wildman–Crippen LogP) is 1.86. The van der Waals surface area contributed by atoms with Crippen molar-refractivity contribution in [3.8, 4) is 5.75 Å². The molecule has 0 aliphatic heterocycles. The lowest BCUT2D eigenvalue weighted by atomic mass is 10.1. The van der Waals surface area contributed by atoms with Crippen LogP contribution < -0.4 is 15.8 Å². The monoisotopic (exact) mass is 314 g/mol. The third-order valence-electron chi connectivity index (χ3n) is 3.28. The fraction of sp³-hybridized carbons (Fsp3) is 0.176. The summed E-state index contributed by atoms with van der Waals surface area (Å²) in [7, 11) is 1.49. The van der Waals surface area contributed by atoms with E-state index in [-0.39, 0.29) is 12.3 Å². The van der Waals surface area contributed by atoms with Crippen molar-refractivity contribution in [2.75, 3.05) is 12.4 Å². The Labute approximate surface area is 133 Å². The Hall–Kier alpha value is -2.86. The van der Waals surface area contributed by atoms with Crippen molar-refractivity contribution in [2.45, 2.75) is 12.5 Å². The summed E-state index contributed by atoms with van der Waals surface area (Å²) in [6.45, 7) is 0. The molecular weight excluding hydrogens is 296 g/mol. The van der Waals surface area contributed by atoms with Crippen LogP contribution in [0.4, 0.5) is 5.69 Å². The van der Waals surface area contributed by atoms with Crippen molar-refractivity contribution in [2.24, 2.45) is 5.73 Å². The average molecular weight is 314 g/mol. The first-order valence-electron chi connectivity index (χ1n) is 7.02. The Balaban J connectivity index is 2.17. The minimum Gasteiger partial charge on any atom is -0.496 e. The first kappa shape index (κ1) is 16.5. The average Bonchev–Trinajstić information content (AvgIpc) is 2.54. The molecule has 0 aliphatic carbocycles. The highest BCUT2D eigenvalue weighted by Crippen LogP contribution is 2.22. The van der Waals surface area contributed by atoms with Gasteiger partial charge in [0.2, 0.25) is 5.91 Å². The third-order valence-corrected chi connectivity index (χ3v) is 3.28. The molecule has 0 radical (unpaired) electrons. The molecule has 0 bridgehead atoms. The molecule has 0 saturated heterocycles. The second kappa shape index (κ2) is 7.42. The van der Waals surface area contributed by atoms with E-state index in [1.807, 2.05) is 0 Å². The van der Waals surface area contributed by atoms with Gasteiger partial charge in [0.15, 0.2) is 0 Å². The van der Waals surface area contributed by atoms with Gasteiger partial charge in [-0.1, -0.05) is 24.3 Å². The highest BCUT2D eigenvalue weighted by atomic mass is 16.5. The molecule has 0 saturated carbocycles. The van der Waals surface area contributed by atoms with Crippen LogP contribution in [0.1, 0.15) is 28.4 Å². The normalized spacial score (nSPS) is 11.6. The Bertz CT molecular complexity index is 715. The van der Waals surface area contributed by atoms with E-state index >= 15 is 0 Å². The van der Waals surface area contributed by atoms with E-state index in [9.17, 15) is 14.7 Å². The molecule has 0 aromatic heterocycles. The van der Waals surface area contributed by atoms with Crippen LogP contribution in [0.5, 0.6) is 5.75 Å². The number of rotatable bonds is 6. The number of aliphatic hydroxyl groups is 1. The van der Waals surface area contributed by atoms with E-state index < -0.39 is 12.0 Å². The molecule has 23 heavy (non-hydrogen) atoms. The Morgan fingerprint density at radius 1 is 1.22 bits per heavy atom. The number of nitrogens with two attached hydrogens (primary N) is 1. The summed E-state index contributed by atoms with van der Waals surface area (Å²) >= 11 is 0. The zero-order valence-electron chi connectivity index (χ0n) is 12.7. The SMILES string of the molecule is COc1ccccc1C(=O)Nc1cccc(C(O)CC(N)=O)c1. The van der Waals surface area contributed by atoms with Crippen molar-refractivity contribution in [1.82, 2.24) is 0 Å². The smallest absolute Gasteiger partial charge is 0.259 e. The van der Waals surface area contributed by atoms with Crippen LogP contribution >= 0.6 is 0 Å². The minimum atomic E-state index is -1.00. The number of hydrogen-bond donors (Lipinski definition) is 3. The van der Waals surface area contributed by atoms with Crippen LogP contribution in [0.2, 0.25) is 0 Å². The van der Waals surface area contributed by atoms with E-state index in [1.165, 1.54) is 7.11 Å². The van der Waals surface area contributed by atoms with Gasteiger partial charge in [0.1, 0.15) is 5.75 Å². The largest absolute Gasteiger partial charge is 0.496 e. The molecule has 120 valence electrons. The number of anilines is 1. The fourth-order valence-electron chi connectivity index (χ4n) is 2.16. The van der Waals surface area contributed by atoms with Gasteiger partial charge in [-0.3, -0.25) is 9.59 Å². The number of carbonyl (C=O) groups is 2. The topological polar surface area (TPSA) is 102 Å².